The zero-order valence-electron chi connectivity index (χ0n) is 15.2. The van der Waals surface area contributed by atoms with Crippen LogP contribution in [-0.4, -0.2) is 44.3 Å². The number of anilines is 1. The Bertz CT molecular complexity index is 1020. The number of benzene rings is 2. The molecule has 0 radical (unpaired) electrons. The number of nitrogens with zero attached hydrogens (tertiary/aromatic N) is 1. The molecule has 0 aliphatic carbocycles. The van der Waals surface area contributed by atoms with Gasteiger partial charge in [0.05, 0.1) is 21.2 Å². The van der Waals surface area contributed by atoms with E-state index in [9.17, 15) is 18.0 Å². The van der Waals surface area contributed by atoms with Gasteiger partial charge < -0.3 is 10.1 Å². The van der Waals surface area contributed by atoms with Crippen LogP contribution < -0.4 is 5.32 Å². The first-order valence-corrected chi connectivity index (χ1v) is 11.0. The molecule has 2 aromatic carbocycles. The highest BCUT2D eigenvalue weighted by Gasteiger charge is 2.27. The molecule has 0 bridgehead atoms. The molecule has 0 spiro atoms. The summed E-state index contributed by atoms with van der Waals surface area (Å²) in [5.41, 5.74) is 0.483. The lowest BCUT2D eigenvalue weighted by atomic mass is 10.2. The van der Waals surface area contributed by atoms with Crippen LogP contribution in [0.3, 0.4) is 0 Å². The number of ether oxygens (including phenoxy) is 1. The molecular weight excluding hydrogens is 439 g/mol. The van der Waals surface area contributed by atoms with Crippen molar-refractivity contribution in [2.75, 3.05) is 25.0 Å². The fourth-order valence-electron chi connectivity index (χ4n) is 2.83. The summed E-state index contributed by atoms with van der Waals surface area (Å²) in [5, 5.41) is 3.19. The van der Waals surface area contributed by atoms with Gasteiger partial charge in [-0.15, -0.1) is 0 Å². The lowest BCUT2D eigenvalue weighted by Gasteiger charge is -2.15. The highest BCUT2D eigenvalue weighted by atomic mass is 35.5. The van der Waals surface area contributed by atoms with Crippen LogP contribution in [0.15, 0.2) is 47.4 Å². The van der Waals surface area contributed by atoms with Gasteiger partial charge in [-0.3, -0.25) is 4.79 Å². The quantitative estimate of drug-likeness (QED) is 0.670. The number of sulfonamides is 1. The number of carbonyl (C=O) groups is 2. The van der Waals surface area contributed by atoms with Crippen LogP contribution >= 0.6 is 23.2 Å². The Kier molecular flexibility index (Phi) is 6.79. The van der Waals surface area contributed by atoms with Gasteiger partial charge in [-0.2, -0.15) is 4.31 Å². The van der Waals surface area contributed by atoms with Crippen LogP contribution in [0.4, 0.5) is 5.69 Å². The maximum atomic E-state index is 12.5. The third kappa shape index (κ3) is 5.27. The molecule has 3 rings (SSSR count). The molecule has 2 aromatic rings. The minimum Gasteiger partial charge on any atom is -0.452 e. The molecule has 154 valence electrons. The van der Waals surface area contributed by atoms with E-state index in [2.05, 4.69) is 5.32 Å². The zero-order valence-corrected chi connectivity index (χ0v) is 17.6. The standard InChI is InChI=1S/C19H18Cl2N2O5S/c20-14-5-8-17(16(21)11-14)22-18(24)12-28-19(25)13-3-6-15(7-4-13)29(26,27)23-9-1-2-10-23/h3-8,11H,1-2,9-10,12H2,(H,22,24). The predicted molar refractivity (Wildman–Crippen MR) is 110 cm³/mol. The van der Waals surface area contributed by atoms with E-state index in [1.807, 2.05) is 0 Å². The van der Waals surface area contributed by atoms with E-state index in [4.69, 9.17) is 27.9 Å². The van der Waals surface area contributed by atoms with Crippen LogP contribution in [0.25, 0.3) is 0 Å². The molecule has 1 fully saturated rings. The zero-order chi connectivity index (χ0) is 21.0. The van der Waals surface area contributed by atoms with Crippen molar-refractivity contribution in [2.45, 2.75) is 17.7 Å². The summed E-state index contributed by atoms with van der Waals surface area (Å²) < 4.78 is 31.4. The minimum absolute atomic E-state index is 0.117. The Hall–Kier alpha value is -2.13. The fourth-order valence-corrected chi connectivity index (χ4v) is 4.80. The van der Waals surface area contributed by atoms with Crippen molar-refractivity contribution in [3.63, 3.8) is 0 Å². The van der Waals surface area contributed by atoms with Gasteiger partial charge in [0.25, 0.3) is 5.91 Å². The van der Waals surface area contributed by atoms with Crippen LogP contribution in [-0.2, 0) is 19.6 Å². The van der Waals surface area contributed by atoms with E-state index >= 15 is 0 Å². The SMILES string of the molecule is O=C(COC(=O)c1ccc(S(=O)(=O)N2CCCC2)cc1)Nc1ccc(Cl)cc1Cl. The fraction of sp³-hybridized carbons (Fsp3) is 0.263. The number of esters is 1. The molecule has 1 heterocycles. The van der Waals surface area contributed by atoms with Gasteiger partial charge in [0.2, 0.25) is 10.0 Å². The first-order chi connectivity index (χ1) is 13.8. The van der Waals surface area contributed by atoms with E-state index in [1.165, 1.54) is 40.7 Å². The normalized spacial score (nSPS) is 14.6. The van der Waals surface area contributed by atoms with Crippen LogP contribution in [0, 0.1) is 0 Å². The van der Waals surface area contributed by atoms with Crippen LogP contribution in [0.1, 0.15) is 23.2 Å². The Balaban J connectivity index is 1.57. The Labute approximate surface area is 178 Å². The molecule has 0 atom stereocenters. The van der Waals surface area contributed by atoms with Gasteiger partial charge >= 0.3 is 5.97 Å². The lowest BCUT2D eigenvalue weighted by Crippen LogP contribution is -2.27. The minimum atomic E-state index is -3.55. The number of hydrogen-bond acceptors (Lipinski definition) is 5. The maximum Gasteiger partial charge on any atom is 0.338 e. The predicted octanol–water partition coefficient (Wildman–Crippen LogP) is 3.57. The van der Waals surface area contributed by atoms with E-state index in [0.29, 0.717) is 23.8 Å². The number of halogens is 2. The van der Waals surface area contributed by atoms with Crippen molar-refractivity contribution in [1.82, 2.24) is 4.31 Å². The summed E-state index contributed by atoms with van der Waals surface area (Å²) in [5.74, 6) is -1.32. The molecule has 29 heavy (non-hydrogen) atoms. The average molecular weight is 457 g/mol. The third-order valence-corrected chi connectivity index (χ3v) is 6.79. The van der Waals surface area contributed by atoms with E-state index in [0.717, 1.165) is 12.8 Å². The molecule has 1 amide bonds. The summed E-state index contributed by atoms with van der Waals surface area (Å²) in [6.07, 6.45) is 1.68. The van der Waals surface area contributed by atoms with Crippen molar-refractivity contribution >= 4 is 50.8 Å². The molecular formula is C19H18Cl2N2O5S. The van der Waals surface area contributed by atoms with Crippen molar-refractivity contribution in [3.05, 3.63) is 58.1 Å². The number of amides is 1. The van der Waals surface area contributed by atoms with E-state index < -0.39 is 28.5 Å². The van der Waals surface area contributed by atoms with Gasteiger partial charge in [0.15, 0.2) is 6.61 Å². The Morgan fingerprint density at radius 1 is 1.03 bits per heavy atom. The third-order valence-electron chi connectivity index (χ3n) is 4.33. The molecule has 0 unspecified atom stereocenters. The van der Waals surface area contributed by atoms with Crippen LogP contribution in [0.2, 0.25) is 10.0 Å². The van der Waals surface area contributed by atoms with E-state index in [-0.39, 0.29) is 15.5 Å². The van der Waals surface area contributed by atoms with Gasteiger partial charge in [-0.05, 0) is 55.3 Å². The molecule has 0 saturated carbocycles. The summed E-state index contributed by atoms with van der Waals surface area (Å²) in [4.78, 5) is 24.2. The first-order valence-electron chi connectivity index (χ1n) is 8.79. The Morgan fingerprint density at radius 2 is 1.69 bits per heavy atom. The topological polar surface area (TPSA) is 92.8 Å². The largest absolute Gasteiger partial charge is 0.452 e. The monoisotopic (exact) mass is 456 g/mol. The smallest absolute Gasteiger partial charge is 0.338 e. The van der Waals surface area contributed by atoms with Crippen molar-refractivity contribution in [2.24, 2.45) is 0 Å². The molecule has 1 N–H and O–H groups in total. The lowest BCUT2D eigenvalue weighted by molar-refractivity contribution is -0.119. The van der Waals surface area contributed by atoms with Gasteiger partial charge in [0, 0.05) is 18.1 Å². The van der Waals surface area contributed by atoms with Gasteiger partial charge in [0.1, 0.15) is 0 Å². The van der Waals surface area contributed by atoms with Crippen molar-refractivity contribution in [1.29, 1.82) is 0 Å². The number of hydrogen-bond donors (Lipinski definition) is 1. The maximum absolute atomic E-state index is 12.5. The second-order valence-electron chi connectivity index (χ2n) is 6.38. The summed E-state index contributed by atoms with van der Waals surface area (Å²) in [6.45, 7) is 0.476. The summed E-state index contributed by atoms with van der Waals surface area (Å²) in [6, 6.07) is 10.0. The summed E-state index contributed by atoms with van der Waals surface area (Å²) >= 11 is 11.8. The van der Waals surface area contributed by atoms with E-state index in [1.54, 1.807) is 6.07 Å². The van der Waals surface area contributed by atoms with Crippen LogP contribution in [0.5, 0.6) is 0 Å². The summed E-state index contributed by atoms with van der Waals surface area (Å²) in [7, 11) is -3.55. The molecule has 0 aromatic heterocycles. The van der Waals surface area contributed by atoms with Crippen molar-refractivity contribution in [3.8, 4) is 0 Å². The molecule has 10 heteroatoms. The number of nitrogens with one attached hydrogen (secondary N) is 1. The van der Waals surface area contributed by atoms with Gasteiger partial charge in [-0.1, -0.05) is 23.2 Å². The first kappa shape index (κ1) is 21.6. The Morgan fingerprint density at radius 3 is 2.31 bits per heavy atom. The van der Waals surface area contributed by atoms with Crippen molar-refractivity contribution < 1.29 is 22.7 Å². The molecule has 1 aliphatic rings. The molecule has 1 saturated heterocycles. The number of carbonyl (C=O) groups excluding carboxylic acids is 2. The van der Waals surface area contributed by atoms with Gasteiger partial charge in [-0.25, -0.2) is 13.2 Å². The molecule has 7 nitrogen and oxygen atoms in total. The highest BCUT2D eigenvalue weighted by Crippen LogP contribution is 2.25. The highest BCUT2D eigenvalue weighted by molar-refractivity contribution is 7.89. The number of rotatable bonds is 6. The molecule has 1 aliphatic heterocycles. The second-order valence-corrected chi connectivity index (χ2v) is 9.17. The average Bonchev–Trinajstić information content (AvgIpc) is 3.24. The second kappa shape index (κ2) is 9.13.